The molecular formula is C24H22N4O3S3. The fourth-order valence-corrected chi connectivity index (χ4v) is 5.52. The van der Waals surface area contributed by atoms with Gasteiger partial charge in [-0.2, -0.15) is 5.10 Å². The number of sulfonamides is 1. The van der Waals surface area contributed by atoms with Gasteiger partial charge in [-0.3, -0.25) is 9.69 Å². The molecule has 0 atom stereocenters. The van der Waals surface area contributed by atoms with Gasteiger partial charge in [0.05, 0.1) is 21.2 Å². The topological polar surface area (TPSA) is 75.5 Å². The molecule has 1 saturated heterocycles. The van der Waals surface area contributed by atoms with E-state index < -0.39 is 10.0 Å². The number of nitrogens with zero attached hydrogens (tertiary/aromatic N) is 4. The summed E-state index contributed by atoms with van der Waals surface area (Å²) in [6.45, 7) is 4.03. The molecule has 174 valence electrons. The largest absolute Gasteiger partial charge is 0.289 e. The number of rotatable bonds is 7. The van der Waals surface area contributed by atoms with Crippen LogP contribution in [0.3, 0.4) is 0 Å². The van der Waals surface area contributed by atoms with E-state index in [1.54, 1.807) is 41.1 Å². The summed E-state index contributed by atoms with van der Waals surface area (Å²) in [5.41, 5.74) is 2.91. The first-order valence-corrected chi connectivity index (χ1v) is 12.9. The maximum absolute atomic E-state index is 12.9. The normalized spacial score (nSPS) is 15.5. The maximum atomic E-state index is 12.9. The van der Waals surface area contributed by atoms with Gasteiger partial charge in [-0.05, 0) is 30.3 Å². The van der Waals surface area contributed by atoms with Crippen LogP contribution < -0.4 is 0 Å². The first-order chi connectivity index (χ1) is 16.2. The van der Waals surface area contributed by atoms with E-state index in [0.717, 1.165) is 11.3 Å². The molecule has 10 heteroatoms. The molecule has 1 aliphatic heterocycles. The monoisotopic (exact) mass is 510 g/mol. The van der Waals surface area contributed by atoms with E-state index in [9.17, 15) is 13.2 Å². The van der Waals surface area contributed by atoms with E-state index in [2.05, 4.69) is 6.58 Å². The standard InChI is InChI=1S/C24H22N4O3S3/c1-4-14-27-23(29)21(33-24(27)32)15-18-16-28(19-8-6-5-7-9-19)25-22(18)17-10-12-20(13-11-17)34(30,31)26(2)3/h4-13,15-16H,1,14H2,2-3H3/b21-15+. The fraction of sp³-hybridized carbons (Fsp3) is 0.125. The summed E-state index contributed by atoms with van der Waals surface area (Å²) in [5, 5.41) is 4.75. The van der Waals surface area contributed by atoms with Crippen LogP contribution in [0.25, 0.3) is 23.0 Å². The molecule has 1 aromatic heterocycles. The van der Waals surface area contributed by atoms with E-state index in [4.69, 9.17) is 17.3 Å². The molecule has 0 saturated carbocycles. The molecule has 34 heavy (non-hydrogen) atoms. The lowest BCUT2D eigenvalue weighted by atomic mass is 10.1. The number of aromatic nitrogens is 2. The van der Waals surface area contributed by atoms with E-state index in [1.807, 2.05) is 36.5 Å². The van der Waals surface area contributed by atoms with Gasteiger partial charge in [0.15, 0.2) is 0 Å². The van der Waals surface area contributed by atoms with Gasteiger partial charge < -0.3 is 0 Å². The third-order valence-corrected chi connectivity index (χ3v) is 8.35. The molecular weight excluding hydrogens is 488 g/mol. The van der Waals surface area contributed by atoms with Crippen molar-refractivity contribution >= 4 is 50.3 Å². The van der Waals surface area contributed by atoms with Gasteiger partial charge in [0.1, 0.15) is 4.32 Å². The van der Waals surface area contributed by atoms with Crippen LogP contribution in [0.4, 0.5) is 0 Å². The van der Waals surface area contributed by atoms with Crippen LogP contribution >= 0.6 is 24.0 Å². The van der Waals surface area contributed by atoms with Gasteiger partial charge >= 0.3 is 0 Å². The summed E-state index contributed by atoms with van der Waals surface area (Å²) in [6, 6.07) is 16.1. The quantitative estimate of drug-likeness (QED) is 0.270. The molecule has 0 unspecified atom stereocenters. The van der Waals surface area contributed by atoms with Crippen LogP contribution in [-0.4, -0.2) is 58.3 Å². The van der Waals surface area contributed by atoms with Crippen molar-refractivity contribution in [3.8, 4) is 16.9 Å². The Morgan fingerprint density at radius 3 is 2.41 bits per heavy atom. The molecule has 4 rings (SSSR count). The highest BCUT2D eigenvalue weighted by Crippen LogP contribution is 2.35. The van der Waals surface area contributed by atoms with Gasteiger partial charge in [0.2, 0.25) is 10.0 Å². The van der Waals surface area contributed by atoms with Crippen LogP contribution in [0.15, 0.2) is 83.2 Å². The molecule has 2 heterocycles. The van der Waals surface area contributed by atoms with E-state index in [-0.39, 0.29) is 10.8 Å². The molecule has 0 bridgehead atoms. The van der Waals surface area contributed by atoms with Gasteiger partial charge in [-0.1, -0.05) is 60.4 Å². The zero-order valence-electron chi connectivity index (χ0n) is 18.6. The molecule has 0 N–H and O–H groups in total. The Morgan fingerprint density at radius 1 is 1.12 bits per heavy atom. The first kappa shape index (κ1) is 24.1. The van der Waals surface area contributed by atoms with Gasteiger partial charge in [-0.15, -0.1) is 6.58 Å². The Hall–Kier alpha value is -3.05. The summed E-state index contributed by atoms with van der Waals surface area (Å²) in [5.74, 6) is -0.180. The van der Waals surface area contributed by atoms with E-state index >= 15 is 0 Å². The zero-order valence-corrected chi connectivity index (χ0v) is 21.0. The van der Waals surface area contributed by atoms with Crippen molar-refractivity contribution in [3.05, 3.63) is 83.9 Å². The first-order valence-electron chi connectivity index (χ1n) is 10.3. The highest BCUT2D eigenvalue weighted by molar-refractivity contribution is 8.26. The van der Waals surface area contributed by atoms with Crippen molar-refractivity contribution in [1.82, 2.24) is 19.0 Å². The van der Waals surface area contributed by atoms with Crippen LogP contribution in [0.2, 0.25) is 0 Å². The van der Waals surface area contributed by atoms with Gasteiger partial charge in [0.25, 0.3) is 5.91 Å². The van der Waals surface area contributed by atoms with E-state index in [0.29, 0.717) is 27.0 Å². The van der Waals surface area contributed by atoms with Crippen LogP contribution in [0.5, 0.6) is 0 Å². The predicted octanol–water partition coefficient (Wildman–Crippen LogP) is 4.18. The lowest BCUT2D eigenvalue weighted by Crippen LogP contribution is -2.27. The zero-order chi connectivity index (χ0) is 24.5. The second-order valence-electron chi connectivity index (χ2n) is 7.61. The summed E-state index contributed by atoms with van der Waals surface area (Å²) in [6.07, 6.45) is 5.25. The number of benzene rings is 2. The van der Waals surface area contributed by atoms with Crippen molar-refractivity contribution in [2.45, 2.75) is 4.90 Å². The lowest BCUT2D eigenvalue weighted by molar-refractivity contribution is -0.121. The molecule has 7 nitrogen and oxygen atoms in total. The number of thioether (sulfide) groups is 1. The molecule has 0 radical (unpaired) electrons. The molecule has 0 aliphatic carbocycles. The Labute approximate surface area is 208 Å². The summed E-state index contributed by atoms with van der Waals surface area (Å²) in [4.78, 5) is 15.0. The number of carbonyl (C=O) groups is 1. The molecule has 1 fully saturated rings. The third kappa shape index (κ3) is 4.62. The number of amides is 1. The predicted molar refractivity (Wildman–Crippen MR) is 140 cm³/mol. The van der Waals surface area contributed by atoms with Gasteiger partial charge in [0, 0.05) is 38.0 Å². The maximum Gasteiger partial charge on any atom is 0.266 e. The molecule has 0 spiro atoms. The average molecular weight is 511 g/mol. The minimum absolute atomic E-state index is 0.180. The fourth-order valence-electron chi connectivity index (χ4n) is 3.35. The van der Waals surface area contributed by atoms with Gasteiger partial charge in [-0.25, -0.2) is 17.4 Å². The van der Waals surface area contributed by atoms with E-state index in [1.165, 1.54) is 35.1 Å². The van der Waals surface area contributed by atoms with Crippen molar-refractivity contribution < 1.29 is 13.2 Å². The lowest BCUT2D eigenvalue weighted by Gasteiger charge is -2.11. The SMILES string of the molecule is C=CCN1C(=O)/C(=C\c2cn(-c3ccccc3)nc2-c2ccc(S(=O)(=O)N(C)C)cc2)SC1=S. The third-order valence-electron chi connectivity index (χ3n) is 5.14. The van der Waals surface area contributed by atoms with Crippen molar-refractivity contribution in [2.24, 2.45) is 0 Å². The summed E-state index contributed by atoms with van der Waals surface area (Å²) < 4.78 is 28.3. The average Bonchev–Trinajstić information content (AvgIpc) is 3.36. The minimum atomic E-state index is -3.55. The minimum Gasteiger partial charge on any atom is -0.289 e. The van der Waals surface area contributed by atoms with Crippen molar-refractivity contribution in [1.29, 1.82) is 0 Å². The van der Waals surface area contributed by atoms with Crippen LogP contribution in [-0.2, 0) is 14.8 Å². The Balaban J connectivity index is 1.80. The van der Waals surface area contributed by atoms with Crippen molar-refractivity contribution in [3.63, 3.8) is 0 Å². The Kier molecular flexibility index (Phi) is 6.85. The smallest absolute Gasteiger partial charge is 0.266 e. The highest BCUT2D eigenvalue weighted by atomic mass is 32.2. The number of carbonyl (C=O) groups excluding carboxylic acids is 1. The highest BCUT2D eigenvalue weighted by Gasteiger charge is 2.31. The number of hydrogen-bond donors (Lipinski definition) is 0. The van der Waals surface area contributed by atoms with Crippen molar-refractivity contribution in [2.75, 3.05) is 20.6 Å². The second-order valence-corrected chi connectivity index (χ2v) is 11.4. The number of hydrogen-bond acceptors (Lipinski definition) is 6. The number of thiocarbonyl (C=S) groups is 1. The van der Waals surface area contributed by atoms with Crippen LogP contribution in [0, 0.1) is 0 Å². The van der Waals surface area contributed by atoms with Crippen LogP contribution in [0.1, 0.15) is 5.56 Å². The molecule has 1 amide bonds. The molecule has 1 aliphatic rings. The summed E-state index contributed by atoms with van der Waals surface area (Å²) >= 11 is 6.59. The molecule has 3 aromatic rings. The number of para-hydroxylation sites is 1. The Bertz CT molecular complexity index is 1390. The molecule has 2 aromatic carbocycles. The second kappa shape index (κ2) is 9.67. The summed E-state index contributed by atoms with van der Waals surface area (Å²) in [7, 11) is -0.565. The Morgan fingerprint density at radius 2 is 1.79 bits per heavy atom.